The molecular weight excluding hydrogens is 350 g/mol. The van der Waals surface area contributed by atoms with Gasteiger partial charge in [-0.2, -0.15) is 0 Å². The summed E-state index contributed by atoms with van der Waals surface area (Å²) in [6.45, 7) is 6.95. The highest BCUT2D eigenvalue weighted by molar-refractivity contribution is 5.76. The van der Waals surface area contributed by atoms with Crippen LogP contribution in [0.2, 0.25) is 0 Å². The van der Waals surface area contributed by atoms with Crippen molar-refractivity contribution < 1.29 is 9.90 Å². The van der Waals surface area contributed by atoms with E-state index < -0.39 is 6.10 Å². The molecule has 5 nitrogen and oxygen atoms in total. The lowest BCUT2D eigenvalue weighted by molar-refractivity contribution is 0.0812. The van der Waals surface area contributed by atoms with Crippen LogP contribution in [0, 0.1) is 6.92 Å². The summed E-state index contributed by atoms with van der Waals surface area (Å²) in [7, 11) is 0. The third-order valence-electron chi connectivity index (χ3n) is 5.78. The molecule has 1 N–H and O–H groups in total. The second-order valence-electron chi connectivity index (χ2n) is 8.04. The van der Waals surface area contributed by atoms with E-state index in [2.05, 4.69) is 60.4 Å². The van der Waals surface area contributed by atoms with Crippen LogP contribution in [0.1, 0.15) is 22.3 Å². The van der Waals surface area contributed by atoms with Gasteiger partial charge in [-0.15, -0.1) is 0 Å². The number of aliphatic hydroxyl groups is 1. The molecule has 2 aliphatic rings. The zero-order valence-electron chi connectivity index (χ0n) is 16.6. The number of nitrogens with zero attached hydrogens (tertiary/aromatic N) is 3. The number of aliphatic hydroxyl groups excluding tert-OH is 1. The van der Waals surface area contributed by atoms with Gasteiger partial charge in [0.05, 0.1) is 6.10 Å². The molecule has 4 rings (SSSR count). The maximum Gasteiger partial charge on any atom is 0.320 e. The van der Waals surface area contributed by atoms with Crippen molar-refractivity contribution in [3.05, 3.63) is 70.8 Å². The van der Waals surface area contributed by atoms with Gasteiger partial charge >= 0.3 is 6.03 Å². The number of urea groups is 1. The average Bonchev–Trinajstić information content (AvgIpc) is 3.03. The topological polar surface area (TPSA) is 47.0 Å². The summed E-state index contributed by atoms with van der Waals surface area (Å²) >= 11 is 0. The minimum Gasteiger partial charge on any atom is -0.390 e. The highest BCUT2D eigenvalue weighted by Gasteiger charge is 2.30. The Labute approximate surface area is 167 Å². The number of rotatable bonds is 6. The number of β-amino-alcohol motifs (C(OH)–C–C–N with tert-alkyl or cyclic N) is 1. The van der Waals surface area contributed by atoms with Crippen LogP contribution in [-0.4, -0.2) is 64.7 Å². The third-order valence-corrected chi connectivity index (χ3v) is 5.78. The lowest BCUT2D eigenvalue weighted by Gasteiger charge is -2.31. The normalized spacial score (nSPS) is 18.4. The van der Waals surface area contributed by atoms with Crippen molar-refractivity contribution in [2.24, 2.45) is 0 Å². The summed E-state index contributed by atoms with van der Waals surface area (Å²) in [6, 6.07) is 16.9. The molecular formula is C23H29N3O2. The molecule has 2 aromatic rings. The number of aryl methyl sites for hydroxylation is 1. The van der Waals surface area contributed by atoms with Crippen molar-refractivity contribution in [3.8, 4) is 0 Å². The zero-order chi connectivity index (χ0) is 19.5. The standard InChI is InChI=1S/C23H29N3O2/c1-18-6-8-19(9-7-18)14-25-12-13-26(23(25)28)17-22(27)16-24-11-10-20-4-2-3-5-21(20)15-24/h2-9,22,27H,10-17H2,1H3/t22-/m0/s1. The predicted octanol–water partition coefficient (Wildman–Crippen LogP) is 2.65. The molecule has 5 heteroatoms. The molecule has 2 aliphatic heterocycles. The van der Waals surface area contributed by atoms with E-state index in [4.69, 9.17) is 0 Å². The Morgan fingerprint density at radius 1 is 0.929 bits per heavy atom. The van der Waals surface area contributed by atoms with E-state index in [1.165, 1.54) is 16.7 Å². The number of carbonyl (C=O) groups excluding carboxylic acids is 1. The summed E-state index contributed by atoms with van der Waals surface area (Å²) in [4.78, 5) is 18.6. The highest BCUT2D eigenvalue weighted by atomic mass is 16.3. The van der Waals surface area contributed by atoms with Crippen LogP contribution in [0.15, 0.2) is 48.5 Å². The maximum absolute atomic E-state index is 12.7. The summed E-state index contributed by atoms with van der Waals surface area (Å²) < 4.78 is 0. The van der Waals surface area contributed by atoms with E-state index in [1.54, 1.807) is 4.90 Å². The number of benzene rings is 2. The first-order valence-corrected chi connectivity index (χ1v) is 10.1. The van der Waals surface area contributed by atoms with Gasteiger partial charge in [-0.1, -0.05) is 54.1 Å². The predicted molar refractivity (Wildman–Crippen MR) is 110 cm³/mol. The summed E-state index contributed by atoms with van der Waals surface area (Å²) in [5.41, 5.74) is 5.13. The quantitative estimate of drug-likeness (QED) is 0.839. The minimum atomic E-state index is -0.520. The zero-order valence-corrected chi connectivity index (χ0v) is 16.6. The van der Waals surface area contributed by atoms with Gasteiger partial charge in [0.1, 0.15) is 0 Å². The van der Waals surface area contributed by atoms with Gasteiger partial charge in [0.2, 0.25) is 0 Å². The molecule has 0 spiro atoms. The molecule has 0 unspecified atom stereocenters. The maximum atomic E-state index is 12.7. The smallest absolute Gasteiger partial charge is 0.320 e. The summed E-state index contributed by atoms with van der Waals surface area (Å²) in [6.07, 6.45) is 0.504. The molecule has 0 bridgehead atoms. The van der Waals surface area contributed by atoms with E-state index in [0.717, 1.165) is 31.6 Å². The van der Waals surface area contributed by atoms with Crippen LogP contribution in [-0.2, 0) is 19.5 Å². The van der Waals surface area contributed by atoms with Crippen LogP contribution in [0.5, 0.6) is 0 Å². The molecule has 1 saturated heterocycles. The van der Waals surface area contributed by atoms with E-state index in [-0.39, 0.29) is 6.03 Å². The lowest BCUT2D eigenvalue weighted by Crippen LogP contribution is -2.43. The van der Waals surface area contributed by atoms with E-state index in [1.807, 2.05) is 4.90 Å². The molecule has 1 fully saturated rings. The average molecular weight is 380 g/mol. The fourth-order valence-corrected chi connectivity index (χ4v) is 4.18. The molecule has 1 atom stereocenters. The first kappa shape index (κ1) is 19.0. The number of carbonyl (C=O) groups is 1. The van der Waals surface area contributed by atoms with Gasteiger partial charge in [-0.3, -0.25) is 4.90 Å². The number of fused-ring (bicyclic) bond motifs is 1. The van der Waals surface area contributed by atoms with Crippen molar-refractivity contribution in [3.63, 3.8) is 0 Å². The number of hydrogen-bond donors (Lipinski definition) is 1. The molecule has 2 amide bonds. The molecule has 0 aromatic heterocycles. The fraction of sp³-hybridized carbons (Fsp3) is 0.435. The molecule has 28 heavy (non-hydrogen) atoms. The Morgan fingerprint density at radius 2 is 1.64 bits per heavy atom. The second-order valence-corrected chi connectivity index (χ2v) is 8.04. The summed E-state index contributed by atoms with van der Waals surface area (Å²) in [5, 5.41) is 10.6. The fourth-order valence-electron chi connectivity index (χ4n) is 4.18. The van der Waals surface area contributed by atoms with Gasteiger partial charge in [0.25, 0.3) is 0 Å². The van der Waals surface area contributed by atoms with Gasteiger partial charge in [-0.25, -0.2) is 4.79 Å². The van der Waals surface area contributed by atoms with Gasteiger partial charge < -0.3 is 14.9 Å². The highest BCUT2D eigenvalue weighted by Crippen LogP contribution is 2.19. The number of amides is 2. The van der Waals surface area contributed by atoms with Crippen molar-refractivity contribution in [2.75, 3.05) is 32.7 Å². The van der Waals surface area contributed by atoms with Crippen molar-refractivity contribution in [2.45, 2.75) is 32.5 Å². The van der Waals surface area contributed by atoms with E-state index in [0.29, 0.717) is 26.2 Å². The Kier molecular flexibility index (Phi) is 5.64. The van der Waals surface area contributed by atoms with E-state index >= 15 is 0 Å². The molecule has 148 valence electrons. The van der Waals surface area contributed by atoms with Gasteiger partial charge in [0, 0.05) is 45.8 Å². The van der Waals surface area contributed by atoms with Crippen LogP contribution in [0.25, 0.3) is 0 Å². The largest absolute Gasteiger partial charge is 0.390 e. The SMILES string of the molecule is Cc1ccc(CN2CCN(C[C@@H](O)CN3CCc4ccccc4C3)C2=O)cc1. The van der Waals surface area contributed by atoms with E-state index in [9.17, 15) is 9.90 Å². The monoisotopic (exact) mass is 379 g/mol. The van der Waals surface area contributed by atoms with Crippen molar-refractivity contribution >= 4 is 6.03 Å². The van der Waals surface area contributed by atoms with Gasteiger partial charge in [-0.05, 0) is 30.0 Å². The molecule has 2 aromatic carbocycles. The molecule has 0 saturated carbocycles. The molecule has 2 heterocycles. The number of hydrogen-bond acceptors (Lipinski definition) is 3. The van der Waals surface area contributed by atoms with Gasteiger partial charge in [0.15, 0.2) is 0 Å². The molecule has 0 radical (unpaired) electrons. The Hall–Kier alpha value is -2.37. The lowest BCUT2D eigenvalue weighted by atomic mass is 10.00. The van der Waals surface area contributed by atoms with Crippen molar-refractivity contribution in [1.82, 2.24) is 14.7 Å². The Balaban J connectivity index is 1.27. The minimum absolute atomic E-state index is 0.0311. The third kappa shape index (κ3) is 4.37. The summed E-state index contributed by atoms with van der Waals surface area (Å²) in [5.74, 6) is 0. The van der Waals surface area contributed by atoms with Crippen LogP contribution >= 0.6 is 0 Å². The van der Waals surface area contributed by atoms with Crippen molar-refractivity contribution in [1.29, 1.82) is 0 Å². The first-order valence-electron chi connectivity index (χ1n) is 10.1. The van der Waals surface area contributed by atoms with Crippen LogP contribution < -0.4 is 0 Å². The van der Waals surface area contributed by atoms with Crippen LogP contribution in [0.3, 0.4) is 0 Å². The van der Waals surface area contributed by atoms with Crippen LogP contribution in [0.4, 0.5) is 4.79 Å². The molecule has 0 aliphatic carbocycles. The second kappa shape index (κ2) is 8.33. The Bertz CT molecular complexity index is 821. The Morgan fingerprint density at radius 3 is 2.43 bits per heavy atom. The first-order chi connectivity index (χ1) is 13.6.